The molecule has 10 heteroatoms. The quantitative estimate of drug-likeness (QED) is 0.736. The molecule has 0 amide bonds. The maximum atomic E-state index is 13.7. The van der Waals surface area contributed by atoms with Gasteiger partial charge in [-0.2, -0.15) is 13.2 Å². The van der Waals surface area contributed by atoms with Gasteiger partial charge in [0.15, 0.2) is 11.3 Å². The Hall–Kier alpha value is -0.550. The van der Waals surface area contributed by atoms with E-state index in [0.717, 1.165) is 43.9 Å². The number of hydrogen-bond donors (Lipinski definition) is 2. The maximum absolute atomic E-state index is 13.7. The molecule has 0 aromatic carbocycles. The SMILES string of the molecule is CN(C)C1=N[C@@H]2[C@@H](O)[C@H](O)[C@@H]([C@@H](OCC3CCCCC3)C(F)(F)F)O[C@@H]2S1. The lowest BCUT2D eigenvalue weighted by molar-refractivity contribution is -0.286. The highest BCUT2D eigenvalue weighted by atomic mass is 32.2. The summed E-state index contributed by atoms with van der Waals surface area (Å²) in [6, 6.07) is -0.800. The van der Waals surface area contributed by atoms with Crippen LogP contribution in [0.1, 0.15) is 32.1 Å². The average Bonchev–Trinajstić information content (AvgIpc) is 3.03. The normalized spacial score (nSPS) is 36.3. The summed E-state index contributed by atoms with van der Waals surface area (Å²) in [5.41, 5.74) is -0.783. The van der Waals surface area contributed by atoms with Gasteiger partial charge in [0.25, 0.3) is 0 Å². The number of ether oxygens (including phenoxy) is 2. The van der Waals surface area contributed by atoms with Crippen molar-refractivity contribution in [3.63, 3.8) is 0 Å². The topological polar surface area (TPSA) is 74.5 Å². The summed E-state index contributed by atoms with van der Waals surface area (Å²) in [6.07, 6.45) is -7.05. The number of rotatable bonds is 4. The lowest BCUT2D eigenvalue weighted by atomic mass is 9.90. The standard InChI is InChI=1S/C17H27F3N2O4S/c1-22(2)16-21-10-11(23)12(24)13(26-15(10)27-16)14(17(18,19)20)25-8-9-6-4-3-5-7-9/h9-15,23-24H,3-8H2,1-2H3/t10-,11-,12+,13+,14-,15-/m1/s1. The van der Waals surface area contributed by atoms with E-state index < -0.39 is 42.1 Å². The minimum absolute atomic E-state index is 0.0203. The van der Waals surface area contributed by atoms with Crippen LogP contribution in [0.5, 0.6) is 0 Å². The molecule has 1 aliphatic carbocycles. The van der Waals surface area contributed by atoms with Gasteiger partial charge in [0.1, 0.15) is 29.8 Å². The van der Waals surface area contributed by atoms with Crippen LogP contribution in [-0.4, -0.2) is 83.1 Å². The van der Waals surface area contributed by atoms with Gasteiger partial charge in [-0.1, -0.05) is 31.0 Å². The van der Waals surface area contributed by atoms with Crippen molar-refractivity contribution >= 4 is 16.9 Å². The van der Waals surface area contributed by atoms with E-state index in [9.17, 15) is 23.4 Å². The highest BCUT2D eigenvalue weighted by Crippen LogP contribution is 2.41. The number of thioether (sulfide) groups is 1. The van der Waals surface area contributed by atoms with Gasteiger partial charge < -0.3 is 24.6 Å². The van der Waals surface area contributed by atoms with Gasteiger partial charge in [0, 0.05) is 14.1 Å². The molecule has 0 radical (unpaired) electrons. The molecule has 0 spiro atoms. The van der Waals surface area contributed by atoms with Crippen LogP contribution in [0, 0.1) is 5.92 Å². The van der Waals surface area contributed by atoms with Crippen LogP contribution in [0.3, 0.4) is 0 Å². The van der Waals surface area contributed by atoms with E-state index >= 15 is 0 Å². The van der Waals surface area contributed by atoms with E-state index in [2.05, 4.69) is 4.99 Å². The second kappa shape index (κ2) is 8.44. The van der Waals surface area contributed by atoms with Gasteiger partial charge in [0.2, 0.25) is 0 Å². The number of alkyl halides is 3. The fourth-order valence-electron chi connectivity index (χ4n) is 3.81. The van der Waals surface area contributed by atoms with Gasteiger partial charge >= 0.3 is 6.18 Å². The van der Waals surface area contributed by atoms with Crippen LogP contribution in [-0.2, 0) is 9.47 Å². The highest BCUT2D eigenvalue weighted by molar-refractivity contribution is 8.14. The van der Waals surface area contributed by atoms with E-state index in [-0.39, 0.29) is 12.5 Å². The average molecular weight is 412 g/mol. The van der Waals surface area contributed by atoms with E-state index in [4.69, 9.17) is 9.47 Å². The summed E-state index contributed by atoms with van der Waals surface area (Å²) in [7, 11) is 3.49. The summed E-state index contributed by atoms with van der Waals surface area (Å²) in [6.45, 7) is -0.0203. The smallest absolute Gasteiger partial charge is 0.388 e. The molecule has 0 aromatic rings. The van der Waals surface area contributed by atoms with Crippen LogP contribution in [0.15, 0.2) is 4.99 Å². The van der Waals surface area contributed by atoms with Crippen molar-refractivity contribution in [1.82, 2.24) is 4.90 Å². The molecule has 0 bridgehead atoms. The Bertz CT molecular complexity index is 543. The van der Waals surface area contributed by atoms with E-state index in [0.29, 0.717) is 5.17 Å². The van der Waals surface area contributed by atoms with Crippen molar-refractivity contribution in [3.8, 4) is 0 Å². The summed E-state index contributed by atoms with van der Waals surface area (Å²) in [5.74, 6) is 0.0894. The Labute approximate surface area is 161 Å². The molecule has 6 nitrogen and oxygen atoms in total. The molecule has 27 heavy (non-hydrogen) atoms. The van der Waals surface area contributed by atoms with Crippen LogP contribution in [0.4, 0.5) is 13.2 Å². The maximum Gasteiger partial charge on any atom is 0.417 e. The molecule has 6 atom stereocenters. The predicted octanol–water partition coefficient (Wildman–Crippen LogP) is 1.99. The Morgan fingerprint density at radius 3 is 2.48 bits per heavy atom. The number of aliphatic hydroxyl groups is 2. The molecule has 1 saturated carbocycles. The molecular weight excluding hydrogens is 385 g/mol. The number of nitrogens with zero attached hydrogens (tertiary/aromatic N) is 2. The number of fused-ring (bicyclic) bond motifs is 1. The Kier molecular flexibility index (Phi) is 6.62. The predicted molar refractivity (Wildman–Crippen MR) is 95.5 cm³/mol. The van der Waals surface area contributed by atoms with Crippen molar-refractivity contribution in [2.75, 3.05) is 20.7 Å². The largest absolute Gasteiger partial charge is 0.417 e. The summed E-state index contributed by atoms with van der Waals surface area (Å²) in [5, 5.41) is 21.2. The van der Waals surface area contributed by atoms with Crippen molar-refractivity contribution in [2.24, 2.45) is 10.9 Å². The third-order valence-electron chi connectivity index (χ3n) is 5.33. The fourth-order valence-corrected chi connectivity index (χ4v) is 4.96. The molecule has 2 fully saturated rings. The molecule has 3 rings (SSSR count). The van der Waals surface area contributed by atoms with Crippen LogP contribution in [0.25, 0.3) is 0 Å². The first-order valence-corrected chi connectivity index (χ1v) is 10.2. The lowest BCUT2D eigenvalue weighted by Crippen LogP contribution is -2.61. The minimum atomic E-state index is -4.71. The molecule has 2 aliphatic heterocycles. The number of hydrogen-bond acceptors (Lipinski definition) is 7. The van der Waals surface area contributed by atoms with Crippen molar-refractivity contribution < 1.29 is 32.9 Å². The molecular formula is C17H27F3N2O4S. The number of halogens is 3. The summed E-state index contributed by atoms with van der Waals surface area (Å²) < 4.78 is 51.8. The van der Waals surface area contributed by atoms with Crippen molar-refractivity contribution in [3.05, 3.63) is 0 Å². The molecule has 0 aromatic heterocycles. The first-order chi connectivity index (χ1) is 12.7. The molecule has 0 unspecified atom stereocenters. The van der Waals surface area contributed by atoms with E-state index in [1.165, 1.54) is 0 Å². The van der Waals surface area contributed by atoms with Gasteiger partial charge in [-0.05, 0) is 18.8 Å². The van der Waals surface area contributed by atoms with Gasteiger partial charge in [-0.3, -0.25) is 4.99 Å². The molecule has 3 aliphatic rings. The van der Waals surface area contributed by atoms with Crippen molar-refractivity contribution in [1.29, 1.82) is 0 Å². The zero-order valence-electron chi connectivity index (χ0n) is 15.4. The van der Waals surface area contributed by atoms with Crippen LogP contribution in [0.2, 0.25) is 0 Å². The second-order valence-electron chi connectivity index (χ2n) is 7.66. The van der Waals surface area contributed by atoms with Gasteiger partial charge in [-0.25, -0.2) is 0 Å². The third kappa shape index (κ3) is 4.72. The highest BCUT2D eigenvalue weighted by Gasteiger charge is 2.57. The van der Waals surface area contributed by atoms with Gasteiger partial charge in [-0.15, -0.1) is 0 Å². The Balaban J connectivity index is 1.71. The number of amidine groups is 1. The van der Waals surface area contributed by atoms with Gasteiger partial charge in [0.05, 0.1) is 6.61 Å². The number of aliphatic hydroxyl groups excluding tert-OH is 2. The Morgan fingerprint density at radius 1 is 1.22 bits per heavy atom. The monoisotopic (exact) mass is 412 g/mol. The summed E-state index contributed by atoms with van der Waals surface area (Å²) >= 11 is 1.15. The minimum Gasteiger partial charge on any atom is -0.388 e. The zero-order valence-corrected chi connectivity index (χ0v) is 16.2. The zero-order chi connectivity index (χ0) is 19.8. The molecule has 2 N–H and O–H groups in total. The lowest BCUT2D eigenvalue weighted by Gasteiger charge is -2.42. The van der Waals surface area contributed by atoms with E-state index in [1.54, 1.807) is 19.0 Å². The second-order valence-corrected chi connectivity index (χ2v) is 8.73. The van der Waals surface area contributed by atoms with E-state index in [1.807, 2.05) is 0 Å². The first-order valence-electron chi connectivity index (χ1n) is 9.30. The molecule has 2 heterocycles. The summed E-state index contributed by atoms with van der Waals surface area (Å²) in [4.78, 5) is 5.96. The van der Waals surface area contributed by atoms with Crippen LogP contribution >= 0.6 is 11.8 Å². The first kappa shape index (κ1) is 21.2. The fraction of sp³-hybridized carbons (Fsp3) is 0.941. The molecule has 1 saturated heterocycles. The number of aliphatic imine (C=N–C) groups is 1. The van der Waals surface area contributed by atoms with Crippen LogP contribution < -0.4 is 0 Å². The Morgan fingerprint density at radius 2 is 1.89 bits per heavy atom. The molecule has 156 valence electrons. The third-order valence-corrected chi connectivity index (χ3v) is 6.63. The van der Waals surface area contributed by atoms with Crippen molar-refractivity contribution in [2.45, 2.75) is 74.2 Å².